The number of ether oxygens (including phenoxy) is 1. The van der Waals surface area contributed by atoms with Crippen LogP contribution in [0.1, 0.15) is 12.0 Å². The van der Waals surface area contributed by atoms with E-state index in [-0.39, 0.29) is 6.10 Å². The third-order valence-electron chi connectivity index (χ3n) is 4.22. The van der Waals surface area contributed by atoms with E-state index >= 15 is 0 Å². The van der Waals surface area contributed by atoms with Gasteiger partial charge < -0.3 is 9.84 Å². The molecule has 0 spiro atoms. The zero-order valence-electron chi connectivity index (χ0n) is 13.2. The Morgan fingerprint density at radius 2 is 2.13 bits per heavy atom. The molecule has 0 radical (unpaired) electrons. The first-order chi connectivity index (χ1) is 11.2. The predicted octanol–water partition coefficient (Wildman–Crippen LogP) is 2.73. The molecule has 0 unspecified atom stereocenters. The number of hydrogen-bond donors (Lipinski definition) is 3. The maximum atomic E-state index is 9.66. The maximum Gasteiger partial charge on any atom is 0.126 e. The molecule has 23 heavy (non-hydrogen) atoms. The predicted molar refractivity (Wildman–Crippen MR) is 89.7 cm³/mol. The van der Waals surface area contributed by atoms with E-state index in [1.165, 1.54) is 5.56 Å². The fourth-order valence-electron chi connectivity index (χ4n) is 3.05. The SMILES string of the molecule is COc1ccc(CN2CC[C@@H](O)C2)cc1-c1cccc(NO)c1. The summed E-state index contributed by atoms with van der Waals surface area (Å²) in [5.41, 5.74) is 5.95. The van der Waals surface area contributed by atoms with Crippen molar-refractivity contribution in [3.8, 4) is 16.9 Å². The highest BCUT2D eigenvalue weighted by atomic mass is 16.5. The fraction of sp³-hybridized carbons (Fsp3) is 0.333. The van der Waals surface area contributed by atoms with Crippen molar-refractivity contribution in [1.82, 2.24) is 4.90 Å². The molecule has 1 saturated heterocycles. The van der Waals surface area contributed by atoms with Crippen molar-refractivity contribution in [2.24, 2.45) is 0 Å². The minimum Gasteiger partial charge on any atom is -0.496 e. The van der Waals surface area contributed by atoms with E-state index in [9.17, 15) is 5.11 Å². The maximum absolute atomic E-state index is 9.66. The van der Waals surface area contributed by atoms with E-state index in [1.807, 2.05) is 24.3 Å². The van der Waals surface area contributed by atoms with Crippen LogP contribution in [0.3, 0.4) is 0 Å². The minimum absolute atomic E-state index is 0.208. The topological polar surface area (TPSA) is 65.0 Å². The smallest absolute Gasteiger partial charge is 0.126 e. The van der Waals surface area contributed by atoms with E-state index in [2.05, 4.69) is 22.5 Å². The van der Waals surface area contributed by atoms with Gasteiger partial charge in [-0.05, 0) is 41.8 Å². The molecule has 1 aliphatic rings. The Kier molecular flexibility index (Phi) is 4.81. The normalized spacial score (nSPS) is 18.1. The number of anilines is 1. The molecular formula is C18H22N2O3. The first-order valence-electron chi connectivity index (χ1n) is 7.77. The van der Waals surface area contributed by atoms with Gasteiger partial charge in [0.1, 0.15) is 5.75 Å². The summed E-state index contributed by atoms with van der Waals surface area (Å²) in [4.78, 5) is 2.25. The van der Waals surface area contributed by atoms with Crippen molar-refractivity contribution < 1.29 is 15.1 Å². The van der Waals surface area contributed by atoms with Crippen LogP contribution in [-0.2, 0) is 6.54 Å². The molecule has 3 N–H and O–H groups in total. The summed E-state index contributed by atoms with van der Waals surface area (Å²) < 4.78 is 5.48. The van der Waals surface area contributed by atoms with Gasteiger partial charge in [-0.1, -0.05) is 18.2 Å². The number of β-amino-alcohol motifs (C(OH)–C–C–N with tert-alkyl or cyclic N) is 1. The summed E-state index contributed by atoms with van der Waals surface area (Å²) in [6.45, 7) is 2.46. The zero-order chi connectivity index (χ0) is 16.2. The van der Waals surface area contributed by atoms with Crippen molar-refractivity contribution in [3.63, 3.8) is 0 Å². The molecule has 2 aromatic rings. The average Bonchev–Trinajstić information content (AvgIpc) is 2.99. The van der Waals surface area contributed by atoms with Gasteiger partial charge in [-0.2, -0.15) is 0 Å². The van der Waals surface area contributed by atoms with Crippen LogP contribution in [0.15, 0.2) is 42.5 Å². The van der Waals surface area contributed by atoms with Crippen molar-refractivity contribution >= 4 is 5.69 Å². The second-order valence-corrected chi connectivity index (χ2v) is 5.90. The molecule has 0 aliphatic carbocycles. The Hall–Kier alpha value is -2.08. The summed E-state index contributed by atoms with van der Waals surface area (Å²) in [7, 11) is 1.66. The first-order valence-corrected chi connectivity index (χ1v) is 7.77. The average molecular weight is 314 g/mol. The van der Waals surface area contributed by atoms with Crippen LogP contribution in [0.2, 0.25) is 0 Å². The molecule has 1 atom stereocenters. The number of aliphatic hydroxyl groups excluding tert-OH is 1. The second-order valence-electron chi connectivity index (χ2n) is 5.90. The molecule has 0 bridgehead atoms. The van der Waals surface area contributed by atoms with Crippen molar-refractivity contribution in [2.45, 2.75) is 19.1 Å². The first kappa shape index (κ1) is 15.8. The number of nitrogens with one attached hydrogen (secondary N) is 1. The van der Waals surface area contributed by atoms with Crippen molar-refractivity contribution in [3.05, 3.63) is 48.0 Å². The lowest BCUT2D eigenvalue weighted by atomic mass is 10.0. The Labute approximate surface area is 136 Å². The highest BCUT2D eigenvalue weighted by Gasteiger charge is 2.20. The molecule has 0 saturated carbocycles. The molecule has 5 nitrogen and oxygen atoms in total. The van der Waals surface area contributed by atoms with E-state index in [0.717, 1.165) is 42.9 Å². The van der Waals surface area contributed by atoms with Crippen LogP contribution < -0.4 is 10.2 Å². The minimum atomic E-state index is -0.208. The molecular weight excluding hydrogens is 292 g/mol. The van der Waals surface area contributed by atoms with Crippen molar-refractivity contribution in [1.29, 1.82) is 0 Å². The van der Waals surface area contributed by atoms with Crippen molar-refractivity contribution in [2.75, 3.05) is 25.7 Å². The molecule has 0 aromatic heterocycles. The standard InChI is InChI=1S/C18H22N2O3/c1-23-18-6-5-13(11-20-8-7-16(21)12-20)9-17(18)14-3-2-4-15(10-14)19-22/h2-6,9-10,16,19,21-22H,7-8,11-12H2,1H3/t16-/m1/s1. The molecule has 1 heterocycles. The van der Waals surface area contributed by atoms with E-state index in [0.29, 0.717) is 5.69 Å². The van der Waals surface area contributed by atoms with Crippen LogP contribution in [0.4, 0.5) is 5.69 Å². The largest absolute Gasteiger partial charge is 0.496 e. The zero-order valence-corrected chi connectivity index (χ0v) is 13.2. The Balaban J connectivity index is 1.89. The Morgan fingerprint density at radius 3 is 2.83 bits per heavy atom. The summed E-state index contributed by atoms with van der Waals surface area (Å²) >= 11 is 0. The molecule has 5 heteroatoms. The van der Waals surface area contributed by atoms with Gasteiger partial charge in [-0.3, -0.25) is 15.6 Å². The number of benzene rings is 2. The number of likely N-dealkylation sites (tertiary alicyclic amines) is 1. The van der Waals surface area contributed by atoms with E-state index in [4.69, 9.17) is 9.94 Å². The number of rotatable bonds is 5. The summed E-state index contributed by atoms with van der Waals surface area (Å²) in [6.07, 6.45) is 0.632. The quantitative estimate of drug-likeness (QED) is 0.741. The lowest BCUT2D eigenvalue weighted by Crippen LogP contribution is -2.21. The number of hydrogen-bond acceptors (Lipinski definition) is 5. The fourth-order valence-corrected chi connectivity index (χ4v) is 3.05. The third kappa shape index (κ3) is 3.64. The summed E-state index contributed by atoms with van der Waals surface area (Å²) in [6, 6.07) is 13.7. The lowest BCUT2D eigenvalue weighted by molar-refractivity contribution is 0.175. The number of methoxy groups -OCH3 is 1. The molecule has 3 rings (SSSR count). The third-order valence-corrected chi connectivity index (χ3v) is 4.22. The van der Waals surface area contributed by atoms with Gasteiger partial charge in [0, 0.05) is 25.2 Å². The molecule has 2 aromatic carbocycles. The van der Waals surface area contributed by atoms with Gasteiger partial charge in [-0.25, -0.2) is 0 Å². The van der Waals surface area contributed by atoms with Crippen LogP contribution in [-0.4, -0.2) is 41.5 Å². The molecule has 1 aliphatic heterocycles. The van der Waals surface area contributed by atoms with Crippen LogP contribution in [0.25, 0.3) is 11.1 Å². The van der Waals surface area contributed by atoms with E-state index in [1.54, 1.807) is 13.2 Å². The highest BCUT2D eigenvalue weighted by molar-refractivity contribution is 5.74. The van der Waals surface area contributed by atoms with Crippen LogP contribution in [0.5, 0.6) is 5.75 Å². The van der Waals surface area contributed by atoms with Gasteiger partial charge >= 0.3 is 0 Å². The summed E-state index contributed by atoms with van der Waals surface area (Å²) in [5.74, 6) is 0.797. The second kappa shape index (κ2) is 7.00. The van der Waals surface area contributed by atoms with Crippen LogP contribution >= 0.6 is 0 Å². The Bertz CT molecular complexity index is 675. The van der Waals surface area contributed by atoms with Gasteiger partial charge in [0.15, 0.2) is 0 Å². The van der Waals surface area contributed by atoms with Gasteiger partial charge in [0.05, 0.1) is 18.9 Å². The van der Waals surface area contributed by atoms with Gasteiger partial charge in [0.25, 0.3) is 0 Å². The van der Waals surface area contributed by atoms with Gasteiger partial charge in [-0.15, -0.1) is 0 Å². The lowest BCUT2D eigenvalue weighted by Gasteiger charge is -2.17. The highest BCUT2D eigenvalue weighted by Crippen LogP contribution is 2.32. The van der Waals surface area contributed by atoms with Crippen LogP contribution in [0, 0.1) is 0 Å². The molecule has 1 fully saturated rings. The monoisotopic (exact) mass is 314 g/mol. The molecule has 122 valence electrons. The van der Waals surface area contributed by atoms with E-state index < -0.39 is 0 Å². The van der Waals surface area contributed by atoms with Gasteiger partial charge in [0.2, 0.25) is 0 Å². The Morgan fingerprint density at radius 1 is 1.26 bits per heavy atom. The number of nitrogens with zero attached hydrogens (tertiary/aromatic N) is 1. The number of aliphatic hydroxyl groups is 1. The molecule has 0 amide bonds. The summed E-state index contributed by atoms with van der Waals surface area (Å²) in [5, 5.41) is 18.8.